The Hall–Kier alpha value is -1.96. The van der Waals surface area contributed by atoms with Crippen LogP contribution in [0, 0.1) is 11.7 Å². The second-order valence-corrected chi connectivity index (χ2v) is 6.04. The zero-order valence-corrected chi connectivity index (χ0v) is 10.8. The van der Waals surface area contributed by atoms with Crippen LogP contribution in [0.3, 0.4) is 0 Å². The first-order valence-electron chi connectivity index (χ1n) is 5.20. The van der Waals surface area contributed by atoms with Crippen LogP contribution in [0.1, 0.15) is 17.3 Å². The lowest BCUT2D eigenvalue weighted by Crippen LogP contribution is -2.27. The van der Waals surface area contributed by atoms with Crippen molar-refractivity contribution < 1.29 is 27.5 Å². The molecule has 1 aromatic rings. The number of nitrogens with two attached hydrogens (primary N) is 1. The van der Waals surface area contributed by atoms with E-state index in [0.717, 1.165) is 12.1 Å². The first-order valence-corrected chi connectivity index (χ1v) is 6.85. The van der Waals surface area contributed by atoms with Gasteiger partial charge in [0, 0.05) is 5.92 Å². The Bertz CT molecular complexity index is 626. The van der Waals surface area contributed by atoms with E-state index in [9.17, 15) is 22.4 Å². The van der Waals surface area contributed by atoms with E-state index in [1.165, 1.54) is 6.92 Å². The van der Waals surface area contributed by atoms with Crippen molar-refractivity contribution in [3.8, 4) is 0 Å². The van der Waals surface area contributed by atoms with Gasteiger partial charge in [0.25, 0.3) is 0 Å². The maximum absolute atomic E-state index is 13.6. The molecule has 0 aliphatic heterocycles. The van der Waals surface area contributed by atoms with Crippen LogP contribution in [-0.2, 0) is 14.6 Å². The first kappa shape index (κ1) is 15.1. The highest BCUT2D eigenvalue weighted by molar-refractivity contribution is 7.91. The van der Waals surface area contributed by atoms with Gasteiger partial charge in [0.1, 0.15) is 10.7 Å². The van der Waals surface area contributed by atoms with Crippen molar-refractivity contribution in [2.75, 3.05) is 5.75 Å². The highest BCUT2D eigenvalue weighted by Crippen LogP contribution is 2.19. The van der Waals surface area contributed by atoms with Crippen LogP contribution in [0.2, 0.25) is 0 Å². The molecule has 0 spiro atoms. The maximum atomic E-state index is 13.6. The Labute approximate surface area is 109 Å². The molecule has 0 aromatic heterocycles. The summed E-state index contributed by atoms with van der Waals surface area (Å²) < 4.78 is 37.3. The summed E-state index contributed by atoms with van der Waals surface area (Å²) in [6.45, 7) is 1.31. The van der Waals surface area contributed by atoms with Crippen molar-refractivity contribution in [1.82, 2.24) is 0 Å². The third-order valence-electron chi connectivity index (χ3n) is 2.47. The summed E-state index contributed by atoms with van der Waals surface area (Å²) in [6, 6.07) is 2.46. The first-order chi connectivity index (χ1) is 8.65. The number of benzene rings is 1. The zero-order valence-electron chi connectivity index (χ0n) is 9.96. The molecule has 8 heteroatoms. The molecule has 0 heterocycles. The fraction of sp³-hybridized carbons (Fsp3) is 0.273. The largest absolute Gasteiger partial charge is 0.478 e. The van der Waals surface area contributed by atoms with Crippen molar-refractivity contribution in [1.29, 1.82) is 0 Å². The summed E-state index contributed by atoms with van der Waals surface area (Å²) in [7, 11) is -4.05. The van der Waals surface area contributed by atoms with Crippen LogP contribution >= 0.6 is 0 Å². The average molecular weight is 289 g/mol. The standard InChI is InChI=1S/C11H12FNO5S/c1-6(10(13)14)5-19(17,18)9-3-2-7(11(15)16)4-8(9)12/h2-4,6H,5H2,1H3,(H2,13,14)(H,15,16). The number of hydrogen-bond acceptors (Lipinski definition) is 4. The van der Waals surface area contributed by atoms with E-state index in [4.69, 9.17) is 10.8 Å². The summed E-state index contributed by atoms with van der Waals surface area (Å²) >= 11 is 0. The number of rotatable bonds is 5. The summed E-state index contributed by atoms with van der Waals surface area (Å²) in [6.07, 6.45) is 0. The molecule has 6 nitrogen and oxygen atoms in total. The van der Waals surface area contributed by atoms with Crippen molar-refractivity contribution in [2.45, 2.75) is 11.8 Å². The predicted octanol–water partition coefficient (Wildman–Crippen LogP) is 0.419. The molecule has 0 aliphatic rings. The van der Waals surface area contributed by atoms with Gasteiger partial charge in [-0.1, -0.05) is 6.92 Å². The number of carbonyl (C=O) groups is 2. The minimum Gasteiger partial charge on any atom is -0.478 e. The number of halogens is 1. The normalized spacial score (nSPS) is 12.9. The number of aromatic carboxylic acids is 1. The van der Waals surface area contributed by atoms with E-state index in [1.54, 1.807) is 0 Å². The summed E-state index contributed by atoms with van der Waals surface area (Å²) in [4.78, 5) is 20.8. The lowest BCUT2D eigenvalue weighted by Gasteiger charge is -2.09. The van der Waals surface area contributed by atoms with Gasteiger partial charge in [-0.2, -0.15) is 0 Å². The predicted molar refractivity (Wildman–Crippen MR) is 63.8 cm³/mol. The van der Waals surface area contributed by atoms with Crippen LogP contribution in [0.4, 0.5) is 4.39 Å². The molecule has 1 rings (SSSR count). The molecular formula is C11H12FNO5S. The Morgan fingerprint density at radius 3 is 2.42 bits per heavy atom. The Morgan fingerprint density at radius 2 is 2.00 bits per heavy atom. The lowest BCUT2D eigenvalue weighted by molar-refractivity contribution is -0.120. The molecule has 0 bridgehead atoms. The monoisotopic (exact) mass is 289 g/mol. The SMILES string of the molecule is CC(CS(=O)(=O)c1ccc(C(=O)O)cc1F)C(N)=O. The average Bonchev–Trinajstić information content (AvgIpc) is 2.27. The second-order valence-electron chi connectivity index (χ2n) is 4.04. The molecule has 1 amide bonds. The Kier molecular flexibility index (Phi) is 4.25. The number of amides is 1. The van der Waals surface area contributed by atoms with Crippen molar-refractivity contribution in [3.63, 3.8) is 0 Å². The minimum absolute atomic E-state index is 0.362. The van der Waals surface area contributed by atoms with Gasteiger partial charge in [0.2, 0.25) is 5.91 Å². The molecule has 104 valence electrons. The molecule has 0 saturated carbocycles. The quantitative estimate of drug-likeness (QED) is 0.815. The van der Waals surface area contributed by atoms with Gasteiger partial charge >= 0.3 is 5.97 Å². The van der Waals surface area contributed by atoms with Crippen LogP contribution in [0.15, 0.2) is 23.1 Å². The summed E-state index contributed by atoms with van der Waals surface area (Å²) in [5.41, 5.74) is 4.59. The Balaban J connectivity index is 3.16. The van der Waals surface area contributed by atoms with Crippen molar-refractivity contribution in [3.05, 3.63) is 29.6 Å². The lowest BCUT2D eigenvalue weighted by atomic mass is 10.2. The van der Waals surface area contributed by atoms with Gasteiger partial charge in [-0.25, -0.2) is 17.6 Å². The highest BCUT2D eigenvalue weighted by atomic mass is 32.2. The fourth-order valence-corrected chi connectivity index (χ4v) is 3.02. The number of hydrogen-bond donors (Lipinski definition) is 2. The van der Waals surface area contributed by atoms with Gasteiger partial charge in [-0.05, 0) is 18.2 Å². The summed E-state index contributed by atoms with van der Waals surface area (Å²) in [5, 5.41) is 8.64. The van der Waals surface area contributed by atoms with Gasteiger partial charge in [0.05, 0.1) is 11.3 Å². The third kappa shape index (κ3) is 3.50. The molecule has 0 saturated heterocycles. The van der Waals surface area contributed by atoms with Crippen LogP contribution in [0.5, 0.6) is 0 Å². The maximum Gasteiger partial charge on any atom is 0.335 e. The van der Waals surface area contributed by atoms with Gasteiger partial charge in [-0.3, -0.25) is 4.79 Å². The molecule has 1 atom stereocenters. The van der Waals surface area contributed by atoms with Crippen molar-refractivity contribution >= 4 is 21.7 Å². The highest BCUT2D eigenvalue weighted by Gasteiger charge is 2.25. The molecule has 1 unspecified atom stereocenters. The number of primary amides is 1. The number of carbonyl (C=O) groups excluding carboxylic acids is 1. The van der Waals surface area contributed by atoms with Gasteiger partial charge < -0.3 is 10.8 Å². The zero-order chi connectivity index (χ0) is 14.8. The van der Waals surface area contributed by atoms with E-state index in [-0.39, 0.29) is 5.56 Å². The number of carboxylic acids is 1. The topological polar surface area (TPSA) is 115 Å². The van der Waals surface area contributed by atoms with E-state index in [0.29, 0.717) is 6.07 Å². The molecule has 1 aromatic carbocycles. The molecular weight excluding hydrogens is 277 g/mol. The van der Waals surface area contributed by atoms with E-state index >= 15 is 0 Å². The smallest absolute Gasteiger partial charge is 0.335 e. The van der Waals surface area contributed by atoms with Crippen LogP contribution in [-0.4, -0.2) is 31.2 Å². The minimum atomic E-state index is -4.05. The Morgan fingerprint density at radius 1 is 1.42 bits per heavy atom. The summed E-state index contributed by atoms with van der Waals surface area (Å²) in [5.74, 6) is -4.95. The van der Waals surface area contributed by atoms with Crippen LogP contribution in [0.25, 0.3) is 0 Å². The molecule has 3 N–H and O–H groups in total. The molecule has 0 radical (unpaired) electrons. The number of carboxylic acid groups (broad SMARTS) is 1. The van der Waals surface area contributed by atoms with Crippen molar-refractivity contribution in [2.24, 2.45) is 11.7 Å². The molecule has 0 aliphatic carbocycles. The van der Waals surface area contributed by atoms with E-state index in [2.05, 4.69) is 0 Å². The van der Waals surface area contributed by atoms with Gasteiger partial charge in [0.15, 0.2) is 9.84 Å². The van der Waals surface area contributed by atoms with Crippen LogP contribution < -0.4 is 5.73 Å². The fourth-order valence-electron chi connectivity index (χ4n) is 1.39. The third-order valence-corrected chi connectivity index (χ3v) is 4.41. The van der Waals surface area contributed by atoms with E-state index in [1.807, 2.05) is 0 Å². The second kappa shape index (κ2) is 5.35. The molecule has 19 heavy (non-hydrogen) atoms. The number of sulfone groups is 1. The van der Waals surface area contributed by atoms with E-state index < -0.39 is 44.1 Å². The van der Waals surface area contributed by atoms with Gasteiger partial charge in [-0.15, -0.1) is 0 Å². The molecule has 0 fully saturated rings.